The first-order chi connectivity index (χ1) is 12.3. The van der Waals surface area contributed by atoms with Crippen molar-refractivity contribution in [2.75, 3.05) is 59.1 Å². The molecule has 1 aromatic carbocycles. The third kappa shape index (κ3) is 5.79. The van der Waals surface area contributed by atoms with Gasteiger partial charge in [0, 0.05) is 58.9 Å². The van der Waals surface area contributed by atoms with Crippen LogP contribution in [0, 0.1) is 0 Å². The standard InChI is InChI=1S/C17H26N4O4S/c1-20(2)16(22)13-26(24,25)15-5-3-14(4-6-15)17(23)19-9-12-21-10-7-18-8-11-21/h3-6,18H,7-13H2,1-2H3,(H,19,23). The third-order valence-corrected chi connectivity index (χ3v) is 5.83. The second kappa shape index (κ2) is 9.11. The van der Waals surface area contributed by atoms with Crippen LogP contribution in [-0.2, 0) is 14.6 Å². The molecule has 1 heterocycles. The maximum Gasteiger partial charge on any atom is 0.251 e. The molecule has 26 heavy (non-hydrogen) atoms. The smallest absolute Gasteiger partial charge is 0.251 e. The van der Waals surface area contributed by atoms with Gasteiger partial charge in [0.2, 0.25) is 5.91 Å². The van der Waals surface area contributed by atoms with Gasteiger partial charge < -0.3 is 15.5 Å². The molecule has 0 atom stereocenters. The van der Waals surface area contributed by atoms with E-state index in [0.29, 0.717) is 12.1 Å². The van der Waals surface area contributed by atoms with E-state index in [4.69, 9.17) is 0 Å². The lowest BCUT2D eigenvalue weighted by atomic mass is 10.2. The van der Waals surface area contributed by atoms with Gasteiger partial charge in [0.1, 0.15) is 5.75 Å². The normalized spacial score (nSPS) is 15.5. The molecule has 1 saturated heterocycles. The highest BCUT2D eigenvalue weighted by atomic mass is 32.2. The highest BCUT2D eigenvalue weighted by Gasteiger charge is 2.21. The molecule has 8 nitrogen and oxygen atoms in total. The van der Waals surface area contributed by atoms with Crippen LogP contribution < -0.4 is 10.6 Å². The van der Waals surface area contributed by atoms with E-state index in [9.17, 15) is 18.0 Å². The molecule has 1 aromatic rings. The van der Waals surface area contributed by atoms with Gasteiger partial charge in [0.15, 0.2) is 9.84 Å². The van der Waals surface area contributed by atoms with Crippen molar-refractivity contribution in [3.63, 3.8) is 0 Å². The maximum absolute atomic E-state index is 12.2. The van der Waals surface area contributed by atoms with Crippen LogP contribution in [0.25, 0.3) is 0 Å². The minimum atomic E-state index is -3.71. The number of hydrogen-bond acceptors (Lipinski definition) is 6. The topological polar surface area (TPSA) is 98.8 Å². The van der Waals surface area contributed by atoms with Crippen LogP contribution >= 0.6 is 0 Å². The largest absolute Gasteiger partial charge is 0.351 e. The van der Waals surface area contributed by atoms with Crippen LogP contribution in [0.3, 0.4) is 0 Å². The van der Waals surface area contributed by atoms with Crippen molar-refractivity contribution in [1.29, 1.82) is 0 Å². The fourth-order valence-electron chi connectivity index (χ4n) is 2.55. The Morgan fingerprint density at radius 3 is 2.35 bits per heavy atom. The van der Waals surface area contributed by atoms with Gasteiger partial charge in [-0.1, -0.05) is 0 Å². The Labute approximate surface area is 154 Å². The van der Waals surface area contributed by atoms with Crippen molar-refractivity contribution in [3.8, 4) is 0 Å². The molecule has 0 bridgehead atoms. The lowest BCUT2D eigenvalue weighted by Crippen LogP contribution is -2.46. The predicted molar refractivity (Wildman–Crippen MR) is 98.8 cm³/mol. The Balaban J connectivity index is 1.89. The number of carbonyl (C=O) groups is 2. The number of carbonyl (C=O) groups excluding carboxylic acids is 2. The van der Waals surface area contributed by atoms with Crippen LogP contribution in [0.15, 0.2) is 29.2 Å². The zero-order valence-electron chi connectivity index (χ0n) is 15.2. The van der Waals surface area contributed by atoms with Gasteiger partial charge in [-0.05, 0) is 24.3 Å². The van der Waals surface area contributed by atoms with E-state index in [0.717, 1.165) is 32.7 Å². The first-order valence-electron chi connectivity index (χ1n) is 8.54. The predicted octanol–water partition coefficient (Wildman–Crippen LogP) is -0.816. The van der Waals surface area contributed by atoms with E-state index in [-0.39, 0.29) is 10.8 Å². The second-order valence-corrected chi connectivity index (χ2v) is 8.41. The number of nitrogens with zero attached hydrogens (tertiary/aromatic N) is 2. The Morgan fingerprint density at radius 2 is 1.77 bits per heavy atom. The number of nitrogens with one attached hydrogen (secondary N) is 2. The molecule has 1 fully saturated rings. The van der Waals surface area contributed by atoms with Crippen LogP contribution in [-0.4, -0.2) is 89.1 Å². The summed E-state index contributed by atoms with van der Waals surface area (Å²) in [5.74, 6) is -1.32. The van der Waals surface area contributed by atoms with Gasteiger partial charge >= 0.3 is 0 Å². The van der Waals surface area contributed by atoms with Gasteiger partial charge in [-0.3, -0.25) is 14.5 Å². The summed E-state index contributed by atoms with van der Waals surface area (Å²) in [5.41, 5.74) is 0.392. The van der Waals surface area contributed by atoms with E-state index in [1.165, 1.54) is 43.3 Å². The molecule has 144 valence electrons. The SMILES string of the molecule is CN(C)C(=O)CS(=O)(=O)c1ccc(C(=O)NCCN2CCNCC2)cc1. The molecule has 2 N–H and O–H groups in total. The molecule has 2 rings (SSSR count). The summed E-state index contributed by atoms with van der Waals surface area (Å²) in [5, 5.41) is 6.11. The van der Waals surface area contributed by atoms with Crippen molar-refractivity contribution >= 4 is 21.7 Å². The molecular formula is C17H26N4O4S. The van der Waals surface area contributed by atoms with E-state index in [1.54, 1.807) is 0 Å². The summed E-state index contributed by atoms with van der Waals surface area (Å²) in [6.07, 6.45) is 0. The van der Waals surface area contributed by atoms with Crippen LogP contribution in [0.1, 0.15) is 10.4 Å². The zero-order chi connectivity index (χ0) is 19.2. The highest BCUT2D eigenvalue weighted by molar-refractivity contribution is 7.92. The van der Waals surface area contributed by atoms with Gasteiger partial charge in [0.05, 0.1) is 4.90 Å². The first-order valence-corrected chi connectivity index (χ1v) is 10.2. The van der Waals surface area contributed by atoms with Crippen molar-refractivity contribution in [2.24, 2.45) is 0 Å². The summed E-state index contributed by atoms with van der Waals surface area (Å²) in [4.78, 5) is 27.3. The maximum atomic E-state index is 12.2. The highest BCUT2D eigenvalue weighted by Crippen LogP contribution is 2.13. The molecule has 0 unspecified atom stereocenters. The minimum absolute atomic E-state index is 0.0325. The Bertz CT molecular complexity index is 726. The quantitative estimate of drug-likeness (QED) is 0.640. The van der Waals surface area contributed by atoms with Gasteiger partial charge in [-0.15, -0.1) is 0 Å². The molecule has 0 radical (unpaired) electrons. The van der Waals surface area contributed by atoms with Gasteiger partial charge in [-0.2, -0.15) is 0 Å². The minimum Gasteiger partial charge on any atom is -0.351 e. The van der Waals surface area contributed by atoms with Crippen molar-refractivity contribution in [3.05, 3.63) is 29.8 Å². The van der Waals surface area contributed by atoms with E-state index >= 15 is 0 Å². The van der Waals surface area contributed by atoms with Crippen LogP contribution in [0.2, 0.25) is 0 Å². The second-order valence-electron chi connectivity index (χ2n) is 6.42. The summed E-state index contributed by atoms with van der Waals surface area (Å²) in [7, 11) is -0.703. The molecule has 1 aliphatic heterocycles. The number of rotatable bonds is 7. The molecule has 0 aliphatic carbocycles. The first kappa shape index (κ1) is 20.3. The Kier molecular flexibility index (Phi) is 7.13. The molecule has 2 amide bonds. The number of sulfone groups is 1. The Hall–Kier alpha value is -1.97. The summed E-state index contributed by atoms with van der Waals surface area (Å²) < 4.78 is 24.4. The fraction of sp³-hybridized carbons (Fsp3) is 0.529. The number of piperazine rings is 1. The van der Waals surface area contributed by atoms with Gasteiger partial charge in [0.25, 0.3) is 5.91 Å². The van der Waals surface area contributed by atoms with E-state index in [1.807, 2.05) is 0 Å². The average molecular weight is 382 g/mol. The summed E-state index contributed by atoms with van der Waals surface area (Å²) in [6.45, 7) is 5.17. The van der Waals surface area contributed by atoms with E-state index < -0.39 is 21.5 Å². The number of benzene rings is 1. The molecule has 0 aromatic heterocycles. The third-order valence-electron chi connectivity index (χ3n) is 4.21. The van der Waals surface area contributed by atoms with Crippen LogP contribution in [0.5, 0.6) is 0 Å². The number of amides is 2. The molecule has 1 aliphatic rings. The average Bonchev–Trinajstić information content (AvgIpc) is 2.62. The molecule has 0 saturated carbocycles. The monoisotopic (exact) mass is 382 g/mol. The molecule has 0 spiro atoms. The lowest BCUT2D eigenvalue weighted by Gasteiger charge is -2.27. The van der Waals surface area contributed by atoms with Gasteiger partial charge in [-0.25, -0.2) is 8.42 Å². The lowest BCUT2D eigenvalue weighted by molar-refractivity contribution is -0.125. The van der Waals surface area contributed by atoms with Crippen molar-refractivity contribution in [1.82, 2.24) is 20.4 Å². The van der Waals surface area contributed by atoms with Crippen molar-refractivity contribution < 1.29 is 18.0 Å². The zero-order valence-corrected chi connectivity index (χ0v) is 16.0. The number of hydrogen-bond donors (Lipinski definition) is 2. The van der Waals surface area contributed by atoms with Crippen LogP contribution in [0.4, 0.5) is 0 Å². The molecular weight excluding hydrogens is 356 g/mol. The van der Waals surface area contributed by atoms with Crippen molar-refractivity contribution in [2.45, 2.75) is 4.90 Å². The Morgan fingerprint density at radius 1 is 1.15 bits per heavy atom. The van der Waals surface area contributed by atoms with E-state index in [2.05, 4.69) is 15.5 Å². The fourth-order valence-corrected chi connectivity index (χ4v) is 3.85. The summed E-state index contributed by atoms with van der Waals surface area (Å²) in [6, 6.07) is 5.66. The summed E-state index contributed by atoms with van der Waals surface area (Å²) >= 11 is 0. The molecule has 9 heteroatoms.